The van der Waals surface area contributed by atoms with Crippen LogP contribution < -0.4 is 10.2 Å². The molecule has 1 N–H and O–H groups in total. The Kier molecular flexibility index (Phi) is 5.53. The highest BCUT2D eigenvalue weighted by Gasteiger charge is 2.55. The summed E-state index contributed by atoms with van der Waals surface area (Å²) in [6.07, 6.45) is 3.60. The molecule has 1 aromatic carbocycles. The molecule has 3 saturated heterocycles. The molecule has 3 fully saturated rings. The average molecular weight is 400 g/mol. The van der Waals surface area contributed by atoms with Crippen molar-refractivity contribution in [3.8, 4) is 0 Å². The number of amides is 3. The minimum absolute atomic E-state index is 0.0494. The number of urea groups is 1. The Labute approximate surface area is 173 Å². The van der Waals surface area contributed by atoms with Gasteiger partial charge in [0.1, 0.15) is 18.5 Å². The second kappa shape index (κ2) is 7.95. The zero-order valence-corrected chi connectivity index (χ0v) is 18.0. The van der Waals surface area contributed by atoms with Crippen molar-refractivity contribution in [2.45, 2.75) is 65.0 Å². The van der Waals surface area contributed by atoms with E-state index in [2.05, 4.69) is 54.1 Å². The van der Waals surface area contributed by atoms with Crippen LogP contribution in [0.1, 0.15) is 43.7 Å². The van der Waals surface area contributed by atoms with Gasteiger partial charge in [-0.2, -0.15) is 0 Å². The highest BCUT2D eigenvalue weighted by molar-refractivity contribution is 6.00. The predicted molar refractivity (Wildman–Crippen MR) is 113 cm³/mol. The smallest absolute Gasteiger partial charge is 0.327 e. The van der Waals surface area contributed by atoms with Crippen molar-refractivity contribution in [1.29, 1.82) is 0 Å². The topological polar surface area (TPSA) is 59.1 Å². The molecule has 3 atom stereocenters. The number of rotatable bonds is 5. The number of carbonyl (C=O) groups excluding carboxylic acids is 2. The zero-order chi connectivity index (χ0) is 20.7. The van der Waals surface area contributed by atoms with Crippen LogP contribution in [0.3, 0.4) is 0 Å². The fourth-order valence-corrected chi connectivity index (χ4v) is 5.02. The molecule has 7 nitrogen and oxygen atoms in total. The summed E-state index contributed by atoms with van der Waals surface area (Å²) in [4.78, 5) is 34.0. The van der Waals surface area contributed by atoms with Gasteiger partial charge in [0.2, 0.25) is 0 Å². The first-order valence-corrected chi connectivity index (χ1v) is 10.9. The number of anilines is 1. The zero-order valence-electron chi connectivity index (χ0n) is 18.0. The van der Waals surface area contributed by atoms with Gasteiger partial charge in [0.15, 0.2) is 0 Å². The number of imide groups is 1. The maximum absolute atomic E-state index is 13.3. The third-order valence-corrected chi connectivity index (χ3v) is 6.52. The molecule has 3 heterocycles. The second-order valence-corrected chi connectivity index (χ2v) is 8.60. The molecule has 0 radical (unpaired) electrons. The van der Waals surface area contributed by atoms with Crippen molar-refractivity contribution in [3.05, 3.63) is 29.3 Å². The number of benzene rings is 1. The molecule has 0 saturated carbocycles. The summed E-state index contributed by atoms with van der Waals surface area (Å²) in [6.45, 7) is 8.68. The van der Waals surface area contributed by atoms with Crippen molar-refractivity contribution < 1.29 is 9.59 Å². The number of fused-ring (bicyclic) bond motifs is 3. The van der Waals surface area contributed by atoms with Gasteiger partial charge in [0.25, 0.3) is 5.91 Å². The maximum atomic E-state index is 13.3. The van der Waals surface area contributed by atoms with Gasteiger partial charge in [-0.15, -0.1) is 0 Å². The Hall–Kier alpha value is -2.12. The summed E-state index contributed by atoms with van der Waals surface area (Å²) in [6, 6.07) is 6.01. The van der Waals surface area contributed by atoms with Crippen LogP contribution in [0.2, 0.25) is 0 Å². The Morgan fingerprint density at radius 3 is 2.66 bits per heavy atom. The van der Waals surface area contributed by atoms with Gasteiger partial charge in [-0.1, -0.05) is 37.5 Å². The summed E-state index contributed by atoms with van der Waals surface area (Å²) in [5.41, 5.74) is 3.68. The number of nitrogens with one attached hydrogen (secondary N) is 1. The number of unbranched alkanes of at least 4 members (excludes halogenated alkanes) is 2. The molecule has 3 aliphatic rings. The van der Waals surface area contributed by atoms with Gasteiger partial charge in [0.05, 0.1) is 0 Å². The highest BCUT2D eigenvalue weighted by atomic mass is 16.2. The van der Waals surface area contributed by atoms with Crippen molar-refractivity contribution in [1.82, 2.24) is 20.0 Å². The molecular weight excluding hydrogens is 366 g/mol. The van der Waals surface area contributed by atoms with E-state index in [1.54, 1.807) is 4.90 Å². The van der Waals surface area contributed by atoms with Crippen LogP contribution in [0.15, 0.2) is 18.2 Å². The van der Waals surface area contributed by atoms with Gasteiger partial charge < -0.3 is 9.80 Å². The first kappa shape index (κ1) is 20.2. The van der Waals surface area contributed by atoms with E-state index in [-0.39, 0.29) is 30.4 Å². The lowest BCUT2D eigenvalue weighted by Gasteiger charge is -2.44. The first-order chi connectivity index (χ1) is 13.9. The van der Waals surface area contributed by atoms with Crippen LogP contribution in [0.5, 0.6) is 0 Å². The molecule has 158 valence electrons. The molecule has 7 heteroatoms. The largest absolute Gasteiger partial charge is 0.343 e. The van der Waals surface area contributed by atoms with Crippen LogP contribution in [0.25, 0.3) is 0 Å². The standard InChI is InChI=1S/C22H33N5O2/c1-5-6-7-11-27-20(28)18-19(24(4)22(27)29)23-21-25(12-8-13-26(18)21)17-10-9-15(2)14-16(17)3/h9-10,14,18-19,21,23H,5-8,11-13H2,1-4H3. The number of nitrogens with zero attached hydrogens (tertiary/aromatic N) is 4. The quantitative estimate of drug-likeness (QED) is 0.771. The van der Waals surface area contributed by atoms with E-state index in [1.165, 1.54) is 21.7 Å². The number of likely N-dealkylation sites (N-methyl/N-ethyl adjacent to an activating group) is 1. The fraction of sp³-hybridized carbons (Fsp3) is 0.636. The van der Waals surface area contributed by atoms with Crippen molar-refractivity contribution in [3.63, 3.8) is 0 Å². The molecule has 3 unspecified atom stereocenters. The molecule has 0 bridgehead atoms. The van der Waals surface area contributed by atoms with Crippen LogP contribution in [-0.2, 0) is 4.79 Å². The molecule has 4 rings (SSSR count). The summed E-state index contributed by atoms with van der Waals surface area (Å²) < 4.78 is 0. The number of hydrogen-bond acceptors (Lipinski definition) is 5. The van der Waals surface area contributed by atoms with Crippen LogP contribution in [0.4, 0.5) is 10.5 Å². The maximum Gasteiger partial charge on any atom is 0.327 e. The molecule has 0 aromatic heterocycles. The molecule has 29 heavy (non-hydrogen) atoms. The Morgan fingerprint density at radius 2 is 1.93 bits per heavy atom. The first-order valence-electron chi connectivity index (χ1n) is 10.9. The van der Waals surface area contributed by atoms with Gasteiger partial charge in [-0.05, 0) is 38.3 Å². The molecule has 3 aliphatic heterocycles. The molecule has 3 amide bonds. The Balaban J connectivity index is 1.61. The summed E-state index contributed by atoms with van der Waals surface area (Å²) >= 11 is 0. The fourth-order valence-electron chi connectivity index (χ4n) is 5.02. The van der Waals surface area contributed by atoms with E-state index < -0.39 is 0 Å². The highest BCUT2D eigenvalue weighted by Crippen LogP contribution is 2.34. The minimum atomic E-state index is -0.321. The monoisotopic (exact) mass is 399 g/mol. The average Bonchev–Trinajstić information content (AvgIpc) is 3.09. The lowest BCUT2D eigenvalue weighted by molar-refractivity contribution is -0.138. The van der Waals surface area contributed by atoms with E-state index in [1.807, 2.05) is 7.05 Å². The van der Waals surface area contributed by atoms with E-state index >= 15 is 0 Å². The van der Waals surface area contributed by atoms with E-state index in [0.717, 1.165) is 38.8 Å². The van der Waals surface area contributed by atoms with Gasteiger partial charge in [-0.25, -0.2) is 4.79 Å². The van der Waals surface area contributed by atoms with E-state index in [9.17, 15) is 9.59 Å². The summed E-state index contributed by atoms with van der Waals surface area (Å²) in [5, 5.41) is 3.59. The van der Waals surface area contributed by atoms with Crippen molar-refractivity contribution >= 4 is 17.6 Å². The van der Waals surface area contributed by atoms with Crippen molar-refractivity contribution in [2.24, 2.45) is 0 Å². The summed E-state index contributed by atoms with van der Waals surface area (Å²) in [5.74, 6) is -0.0494. The van der Waals surface area contributed by atoms with Crippen LogP contribution in [-0.4, -0.2) is 71.8 Å². The molecule has 1 aromatic rings. The normalized spacial score (nSPS) is 27.4. The van der Waals surface area contributed by atoms with Crippen LogP contribution in [0, 0.1) is 13.8 Å². The van der Waals surface area contributed by atoms with Gasteiger partial charge >= 0.3 is 6.03 Å². The molecule has 0 aliphatic carbocycles. The number of hydrogen-bond donors (Lipinski definition) is 1. The predicted octanol–water partition coefficient (Wildman–Crippen LogP) is 2.48. The second-order valence-electron chi connectivity index (χ2n) is 8.60. The van der Waals surface area contributed by atoms with E-state index in [0.29, 0.717) is 6.54 Å². The number of carbonyl (C=O) groups is 2. The summed E-state index contributed by atoms with van der Waals surface area (Å²) in [7, 11) is 1.81. The Bertz CT molecular complexity index is 797. The SMILES string of the molecule is CCCCCN1C(=O)C2C(NC3N(c4ccc(C)cc4C)CCCN23)N(C)C1=O. The third kappa shape index (κ3) is 3.40. The van der Waals surface area contributed by atoms with E-state index in [4.69, 9.17) is 0 Å². The third-order valence-electron chi connectivity index (χ3n) is 6.52. The van der Waals surface area contributed by atoms with Gasteiger partial charge in [-0.3, -0.25) is 19.9 Å². The van der Waals surface area contributed by atoms with Crippen molar-refractivity contribution in [2.75, 3.05) is 31.6 Å². The molecule has 0 spiro atoms. The Morgan fingerprint density at radius 1 is 1.14 bits per heavy atom. The minimum Gasteiger partial charge on any atom is -0.343 e. The lowest BCUT2D eigenvalue weighted by atomic mass is 10.1. The molecular formula is C22H33N5O2. The number of aryl methyl sites for hydroxylation is 2. The van der Waals surface area contributed by atoms with Gasteiger partial charge in [0, 0.05) is 32.4 Å². The van der Waals surface area contributed by atoms with Crippen LogP contribution >= 0.6 is 0 Å². The lowest BCUT2D eigenvalue weighted by Crippen LogP contribution is -2.66.